The van der Waals surface area contributed by atoms with Crippen LogP contribution in [-0.4, -0.2) is 19.5 Å². The Morgan fingerprint density at radius 1 is 0.842 bits per heavy atom. The van der Waals surface area contributed by atoms with Gasteiger partial charge in [0.25, 0.3) is 0 Å². The van der Waals surface area contributed by atoms with E-state index < -0.39 is 0 Å². The molecule has 0 radical (unpaired) electrons. The summed E-state index contributed by atoms with van der Waals surface area (Å²) in [6, 6.07) is 0. The molecule has 19 heavy (non-hydrogen) atoms. The van der Waals surface area contributed by atoms with Gasteiger partial charge in [0.05, 0.1) is 13.2 Å². The van der Waals surface area contributed by atoms with Crippen LogP contribution in [0.1, 0.15) is 57.8 Å². The fourth-order valence-corrected chi connectivity index (χ4v) is 4.00. The summed E-state index contributed by atoms with van der Waals surface area (Å²) in [7, 11) is 0. The number of hydrogen-bond donors (Lipinski definition) is 0. The lowest BCUT2D eigenvalue weighted by Crippen LogP contribution is -2.24. The lowest BCUT2D eigenvalue weighted by molar-refractivity contribution is -0.181. The van der Waals surface area contributed by atoms with Gasteiger partial charge in [0.2, 0.25) is 0 Å². The molecule has 0 aromatic rings. The van der Waals surface area contributed by atoms with Crippen molar-refractivity contribution >= 4 is 0 Å². The average Bonchev–Trinajstić information content (AvgIpc) is 3.06. The number of fused-ring (bicyclic) bond motifs is 2. The second kappa shape index (κ2) is 6.90. The fraction of sp³-hybridized carbons (Fsp3) is 0.882. The lowest BCUT2D eigenvalue weighted by atomic mass is 9.88. The highest BCUT2D eigenvalue weighted by atomic mass is 16.7. The second-order valence-electron chi connectivity index (χ2n) is 6.56. The zero-order chi connectivity index (χ0) is 12.9. The van der Waals surface area contributed by atoms with Gasteiger partial charge in [-0.3, -0.25) is 0 Å². The third kappa shape index (κ3) is 3.82. The summed E-state index contributed by atoms with van der Waals surface area (Å²) >= 11 is 0. The molecule has 1 heterocycles. The summed E-state index contributed by atoms with van der Waals surface area (Å²) in [4.78, 5) is 0. The van der Waals surface area contributed by atoms with Crippen LogP contribution in [0.4, 0.5) is 0 Å². The number of allylic oxidation sites excluding steroid dienone is 2. The SMILES string of the molecule is C1=CC2CC1CC2CCCCCCC1OCCCO1. The van der Waals surface area contributed by atoms with E-state index in [1.807, 2.05) is 0 Å². The zero-order valence-corrected chi connectivity index (χ0v) is 12.1. The smallest absolute Gasteiger partial charge is 0.157 e. The average molecular weight is 264 g/mol. The first-order chi connectivity index (χ1) is 9.42. The van der Waals surface area contributed by atoms with E-state index in [4.69, 9.17) is 9.47 Å². The molecule has 2 nitrogen and oxygen atoms in total. The largest absolute Gasteiger partial charge is 0.353 e. The van der Waals surface area contributed by atoms with Crippen LogP contribution in [0.25, 0.3) is 0 Å². The Bertz CT molecular complexity index is 294. The fourth-order valence-electron chi connectivity index (χ4n) is 4.00. The van der Waals surface area contributed by atoms with Gasteiger partial charge in [-0.15, -0.1) is 0 Å². The van der Waals surface area contributed by atoms with Crippen molar-refractivity contribution in [2.45, 2.75) is 64.1 Å². The van der Waals surface area contributed by atoms with Crippen LogP contribution in [-0.2, 0) is 9.47 Å². The monoisotopic (exact) mass is 264 g/mol. The predicted molar refractivity (Wildman–Crippen MR) is 76.9 cm³/mol. The summed E-state index contributed by atoms with van der Waals surface area (Å²) in [5.74, 6) is 2.89. The van der Waals surface area contributed by atoms with Gasteiger partial charge in [-0.25, -0.2) is 0 Å². The van der Waals surface area contributed by atoms with Gasteiger partial charge < -0.3 is 9.47 Å². The molecule has 108 valence electrons. The van der Waals surface area contributed by atoms with Crippen molar-refractivity contribution in [2.75, 3.05) is 13.2 Å². The van der Waals surface area contributed by atoms with Crippen LogP contribution in [0.2, 0.25) is 0 Å². The van der Waals surface area contributed by atoms with Gasteiger partial charge in [-0.2, -0.15) is 0 Å². The molecule has 0 amide bonds. The number of ether oxygens (including phenoxy) is 2. The Kier molecular flexibility index (Phi) is 4.95. The van der Waals surface area contributed by atoms with E-state index in [2.05, 4.69) is 12.2 Å². The predicted octanol–water partition coefficient (Wildman–Crippen LogP) is 4.30. The molecule has 0 spiro atoms. The lowest BCUT2D eigenvalue weighted by Gasteiger charge is -2.23. The Hall–Kier alpha value is -0.340. The normalized spacial score (nSPS) is 34.2. The van der Waals surface area contributed by atoms with E-state index in [1.165, 1.54) is 44.9 Å². The van der Waals surface area contributed by atoms with E-state index in [9.17, 15) is 0 Å². The van der Waals surface area contributed by atoms with Gasteiger partial charge in [-0.1, -0.05) is 31.4 Å². The van der Waals surface area contributed by atoms with Crippen molar-refractivity contribution in [3.63, 3.8) is 0 Å². The Morgan fingerprint density at radius 2 is 1.63 bits per heavy atom. The van der Waals surface area contributed by atoms with Gasteiger partial charge in [0, 0.05) is 0 Å². The van der Waals surface area contributed by atoms with Crippen molar-refractivity contribution in [1.82, 2.24) is 0 Å². The summed E-state index contributed by atoms with van der Waals surface area (Å²) in [5, 5.41) is 0. The second-order valence-corrected chi connectivity index (χ2v) is 6.56. The summed E-state index contributed by atoms with van der Waals surface area (Å²) in [6.07, 6.45) is 17.0. The maximum absolute atomic E-state index is 5.57. The summed E-state index contributed by atoms with van der Waals surface area (Å²) < 4.78 is 11.1. The van der Waals surface area contributed by atoms with Crippen molar-refractivity contribution in [3.8, 4) is 0 Å². The molecule has 0 aromatic heterocycles. The number of rotatable bonds is 7. The van der Waals surface area contributed by atoms with Crippen LogP contribution >= 0.6 is 0 Å². The van der Waals surface area contributed by atoms with Crippen molar-refractivity contribution in [3.05, 3.63) is 12.2 Å². The minimum absolute atomic E-state index is 0.101. The van der Waals surface area contributed by atoms with Crippen LogP contribution < -0.4 is 0 Å². The molecule has 3 unspecified atom stereocenters. The van der Waals surface area contributed by atoms with Gasteiger partial charge in [-0.05, 0) is 56.3 Å². The summed E-state index contributed by atoms with van der Waals surface area (Å²) in [5.41, 5.74) is 0. The van der Waals surface area contributed by atoms with E-state index in [0.717, 1.165) is 43.8 Å². The highest BCUT2D eigenvalue weighted by molar-refractivity contribution is 5.09. The molecular weight excluding hydrogens is 236 g/mol. The van der Waals surface area contributed by atoms with E-state index in [1.54, 1.807) is 0 Å². The molecule has 2 fully saturated rings. The Balaban J connectivity index is 1.19. The molecular formula is C17H28O2. The van der Waals surface area contributed by atoms with Gasteiger partial charge in [0.15, 0.2) is 6.29 Å². The number of unbranched alkanes of at least 4 members (excludes halogenated alkanes) is 3. The van der Waals surface area contributed by atoms with Crippen molar-refractivity contribution in [1.29, 1.82) is 0 Å². The first kappa shape index (κ1) is 13.6. The quantitative estimate of drug-likeness (QED) is 0.504. The van der Waals surface area contributed by atoms with Crippen LogP contribution in [0, 0.1) is 17.8 Å². The third-order valence-electron chi connectivity index (χ3n) is 5.08. The van der Waals surface area contributed by atoms with Crippen molar-refractivity contribution in [2.24, 2.45) is 17.8 Å². The maximum Gasteiger partial charge on any atom is 0.157 e. The van der Waals surface area contributed by atoms with Crippen LogP contribution in [0.15, 0.2) is 12.2 Å². The first-order valence-electron chi connectivity index (χ1n) is 8.33. The Labute approximate surface area is 117 Å². The minimum atomic E-state index is 0.101. The topological polar surface area (TPSA) is 18.5 Å². The number of hydrogen-bond acceptors (Lipinski definition) is 2. The highest BCUT2D eigenvalue weighted by Gasteiger charge is 2.34. The summed E-state index contributed by atoms with van der Waals surface area (Å²) in [6.45, 7) is 1.78. The molecule has 0 N–H and O–H groups in total. The molecule has 1 saturated heterocycles. The van der Waals surface area contributed by atoms with Crippen LogP contribution in [0.5, 0.6) is 0 Å². The minimum Gasteiger partial charge on any atom is -0.353 e. The molecule has 1 aliphatic heterocycles. The van der Waals surface area contributed by atoms with E-state index >= 15 is 0 Å². The third-order valence-corrected chi connectivity index (χ3v) is 5.08. The maximum atomic E-state index is 5.57. The molecule has 2 aliphatic carbocycles. The molecule has 0 aromatic carbocycles. The van der Waals surface area contributed by atoms with E-state index in [-0.39, 0.29) is 6.29 Å². The van der Waals surface area contributed by atoms with Gasteiger partial charge in [0.1, 0.15) is 0 Å². The Morgan fingerprint density at radius 3 is 2.32 bits per heavy atom. The first-order valence-corrected chi connectivity index (χ1v) is 8.33. The zero-order valence-electron chi connectivity index (χ0n) is 12.1. The molecule has 3 rings (SSSR count). The molecule has 3 aliphatic rings. The molecule has 2 bridgehead atoms. The standard InChI is InChI=1S/C17H28O2/c1(2-4-7-17-18-10-5-11-19-17)3-6-15-12-14-8-9-16(15)13-14/h8-9,14-17H,1-7,10-13H2. The molecule has 1 saturated carbocycles. The van der Waals surface area contributed by atoms with E-state index in [0.29, 0.717) is 0 Å². The molecule has 2 heteroatoms. The van der Waals surface area contributed by atoms with Crippen LogP contribution in [0.3, 0.4) is 0 Å². The van der Waals surface area contributed by atoms with Gasteiger partial charge >= 0.3 is 0 Å². The highest BCUT2D eigenvalue weighted by Crippen LogP contribution is 2.45. The molecule has 3 atom stereocenters. The van der Waals surface area contributed by atoms with Crippen molar-refractivity contribution < 1.29 is 9.47 Å².